The van der Waals surface area contributed by atoms with Crippen LogP contribution >= 0.6 is 33.9 Å². The van der Waals surface area contributed by atoms with Crippen LogP contribution in [-0.4, -0.2) is 35.3 Å². The Morgan fingerprint density at radius 1 is 1.02 bits per heavy atom. The van der Waals surface area contributed by atoms with Gasteiger partial charge in [0, 0.05) is 5.56 Å². The number of fused-ring (bicyclic) bond motifs is 1. The van der Waals surface area contributed by atoms with Gasteiger partial charge in [-0.1, -0.05) is 72.0 Å². The van der Waals surface area contributed by atoms with E-state index in [4.69, 9.17) is 9.47 Å². The minimum absolute atomic E-state index is 0.0307. The molecule has 4 aromatic carbocycles. The molecule has 9 nitrogen and oxygen atoms in total. The number of carbonyl (C=O) groups excluding carboxylic acids is 2. The number of aryl methyl sites for hydroxylation is 1. The third-order valence-corrected chi connectivity index (χ3v) is 7.94. The second-order valence-corrected chi connectivity index (χ2v) is 11.4. The van der Waals surface area contributed by atoms with Crippen LogP contribution < -0.4 is 20.2 Å². The molecule has 212 valence electrons. The highest BCUT2D eigenvalue weighted by Crippen LogP contribution is 2.34. The number of rotatable bonds is 10. The first-order valence-corrected chi connectivity index (χ1v) is 14.8. The van der Waals surface area contributed by atoms with Crippen molar-refractivity contribution in [1.29, 1.82) is 0 Å². The van der Waals surface area contributed by atoms with Crippen molar-refractivity contribution in [2.45, 2.75) is 20.0 Å². The van der Waals surface area contributed by atoms with Gasteiger partial charge >= 0.3 is 0 Å². The van der Waals surface area contributed by atoms with Crippen LogP contribution in [0.4, 0.5) is 5.13 Å². The molecule has 0 radical (unpaired) electrons. The summed E-state index contributed by atoms with van der Waals surface area (Å²) in [5.41, 5.74) is 5.72. The molecular formula is C31H26IN5O4S. The molecule has 0 atom stereocenters. The van der Waals surface area contributed by atoms with Crippen molar-refractivity contribution in [2.24, 2.45) is 5.10 Å². The third-order valence-electron chi connectivity index (χ3n) is 6.30. The van der Waals surface area contributed by atoms with E-state index >= 15 is 0 Å². The average Bonchev–Trinajstić information content (AvgIpc) is 3.42. The van der Waals surface area contributed by atoms with Gasteiger partial charge in [0.25, 0.3) is 5.91 Å². The molecule has 0 saturated carbocycles. The molecule has 0 bridgehead atoms. The largest absolute Gasteiger partial charge is 0.493 e. The molecule has 0 aliphatic carbocycles. The SMILES string of the molecule is COc1cc(/C=N/NC(=O)Cc2nnc(NC(=O)c3ccccc3C)s2)cc(I)c1OCc1cccc2ccccc12. The van der Waals surface area contributed by atoms with Gasteiger partial charge < -0.3 is 9.47 Å². The predicted molar refractivity (Wildman–Crippen MR) is 172 cm³/mol. The number of methoxy groups -OCH3 is 1. The highest BCUT2D eigenvalue weighted by molar-refractivity contribution is 14.1. The van der Waals surface area contributed by atoms with Gasteiger partial charge in [-0.15, -0.1) is 10.2 Å². The number of hydrazone groups is 1. The number of hydrogen-bond acceptors (Lipinski definition) is 8. The molecule has 0 aliphatic rings. The van der Waals surface area contributed by atoms with Crippen LogP contribution in [0.1, 0.15) is 32.1 Å². The van der Waals surface area contributed by atoms with E-state index in [0.29, 0.717) is 33.8 Å². The second kappa shape index (κ2) is 13.5. The van der Waals surface area contributed by atoms with Crippen LogP contribution in [0.15, 0.2) is 84.0 Å². The van der Waals surface area contributed by atoms with Crippen LogP contribution in [0.5, 0.6) is 11.5 Å². The van der Waals surface area contributed by atoms with Crippen LogP contribution in [0.25, 0.3) is 10.8 Å². The maximum atomic E-state index is 12.5. The molecule has 2 N–H and O–H groups in total. The van der Waals surface area contributed by atoms with Gasteiger partial charge in [0.2, 0.25) is 11.0 Å². The summed E-state index contributed by atoms with van der Waals surface area (Å²) >= 11 is 3.33. The lowest BCUT2D eigenvalue weighted by molar-refractivity contribution is -0.120. The number of nitrogens with zero attached hydrogens (tertiary/aromatic N) is 3. The number of hydrogen-bond donors (Lipinski definition) is 2. The van der Waals surface area contributed by atoms with Crippen molar-refractivity contribution < 1.29 is 19.1 Å². The van der Waals surface area contributed by atoms with Crippen molar-refractivity contribution in [3.8, 4) is 11.5 Å². The molecule has 0 fully saturated rings. The highest BCUT2D eigenvalue weighted by atomic mass is 127. The summed E-state index contributed by atoms with van der Waals surface area (Å²) in [5.74, 6) is 0.550. The van der Waals surface area contributed by atoms with Gasteiger partial charge in [0.15, 0.2) is 11.5 Å². The zero-order valence-corrected chi connectivity index (χ0v) is 25.7. The molecule has 1 heterocycles. The molecule has 0 unspecified atom stereocenters. The Labute approximate surface area is 260 Å². The normalized spacial score (nSPS) is 11.0. The maximum absolute atomic E-state index is 12.5. The fourth-order valence-corrected chi connectivity index (χ4v) is 5.76. The number of ether oxygens (including phenoxy) is 2. The third kappa shape index (κ3) is 7.09. The van der Waals surface area contributed by atoms with E-state index in [0.717, 1.165) is 42.4 Å². The van der Waals surface area contributed by atoms with E-state index in [9.17, 15) is 9.59 Å². The fraction of sp³-hybridized carbons (Fsp3) is 0.129. The summed E-state index contributed by atoms with van der Waals surface area (Å²) in [6, 6.07) is 25.3. The quantitative estimate of drug-likeness (QED) is 0.103. The molecule has 0 spiro atoms. The topological polar surface area (TPSA) is 115 Å². The number of halogens is 1. The van der Waals surface area contributed by atoms with Crippen LogP contribution in [-0.2, 0) is 17.8 Å². The van der Waals surface area contributed by atoms with Crippen molar-refractivity contribution in [1.82, 2.24) is 15.6 Å². The lowest BCUT2D eigenvalue weighted by Gasteiger charge is -2.14. The van der Waals surface area contributed by atoms with Gasteiger partial charge in [0.05, 0.1) is 23.3 Å². The zero-order chi connectivity index (χ0) is 29.5. The molecule has 0 saturated heterocycles. The summed E-state index contributed by atoms with van der Waals surface area (Å²) in [4.78, 5) is 24.9. The van der Waals surface area contributed by atoms with Crippen LogP contribution in [0.2, 0.25) is 0 Å². The summed E-state index contributed by atoms with van der Waals surface area (Å²) < 4.78 is 12.6. The van der Waals surface area contributed by atoms with E-state index in [-0.39, 0.29) is 18.2 Å². The summed E-state index contributed by atoms with van der Waals surface area (Å²) in [6.45, 7) is 2.25. The molecule has 5 aromatic rings. The van der Waals surface area contributed by atoms with Crippen molar-refractivity contribution >= 4 is 67.9 Å². The molecule has 11 heteroatoms. The second-order valence-electron chi connectivity index (χ2n) is 9.20. The Balaban J connectivity index is 1.17. The first kappa shape index (κ1) is 29.1. The van der Waals surface area contributed by atoms with Crippen molar-refractivity contribution in [2.75, 3.05) is 12.4 Å². The zero-order valence-electron chi connectivity index (χ0n) is 22.8. The molecule has 0 aliphatic heterocycles. The number of anilines is 1. The Morgan fingerprint density at radius 3 is 2.64 bits per heavy atom. The highest BCUT2D eigenvalue weighted by Gasteiger charge is 2.15. The Bertz CT molecular complexity index is 1780. The first-order chi connectivity index (χ1) is 20.4. The number of amides is 2. The standard InChI is InChI=1S/C31H26IN5O4S/c1-19-8-3-5-12-23(19)30(39)34-31-37-36-28(42-31)16-27(38)35-33-17-20-14-25(32)29(26(15-20)40-2)41-18-22-11-7-10-21-9-4-6-13-24(21)22/h3-15,17H,16,18H2,1-2H3,(H,35,38)(H,34,37,39)/b33-17+. The van der Waals surface area contributed by atoms with Crippen molar-refractivity contribution in [3.63, 3.8) is 0 Å². The smallest absolute Gasteiger partial charge is 0.257 e. The van der Waals surface area contributed by atoms with E-state index < -0.39 is 0 Å². The Kier molecular flexibility index (Phi) is 9.39. The van der Waals surface area contributed by atoms with E-state index in [2.05, 4.69) is 72.9 Å². The monoisotopic (exact) mass is 691 g/mol. The average molecular weight is 692 g/mol. The number of aromatic nitrogens is 2. The predicted octanol–water partition coefficient (Wildman–Crippen LogP) is 6.14. The Hall–Kier alpha value is -4.36. The summed E-state index contributed by atoms with van der Waals surface area (Å²) in [7, 11) is 1.58. The maximum Gasteiger partial charge on any atom is 0.257 e. The molecule has 1 aromatic heterocycles. The molecular weight excluding hydrogens is 665 g/mol. The molecule has 5 rings (SSSR count). The fourth-order valence-electron chi connectivity index (χ4n) is 4.25. The minimum Gasteiger partial charge on any atom is -0.493 e. The number of carbonyl (C=O) groups is 2. The van der Waals surface area contributed by atoms with Crippen molar-refractivity contribution in [3.05, 3.63) is 110 Å². The molecule has 2 amide bonds. The van der Waals surface area contributed by atoms with E-state index in [1.807, 2.05) is 43.3 Å². The van der Waals surface area contributed by atoms with Crippen LogP contribution in [0.3, 0.4) is 0 Å². The van der Waals surface area contributed by atoms with Crippen LogP contribution in [0, 0.1) is 10.5 Å². The van der Waals surface area contributed by atoms with Gasteiger partial charge in [-0.05, 0) is 75.2 Å². The van der Waals surface area contributed by atoms with Gasteiger partial charge in [0.1, 0.15) is 11.6 Å². The lowest BCUT2D eigenvalue weighted by Crippen LogP contribution is -2.19. The van der Waals surface area contributed by atoms with Gasteiger partial charge in [-0.3, -0.25) is 14.9 Å². The van der Waals surface area contributed by atoms with Gasteiger partial charge in [-0.2, -0.15) is 5.10 Å². The van der Waals surface area contributed by atoms with E-state index in [1.54, 1.807) is 25.3 Å². The number of benzene rings is 4. The Morgan fingerprint density at radius 2 is 1.81 bits per heavy atom. The minimum atomic E-state index is -0.365. The molecule has 42 heavy (non-hydrogen) atoms. The lowest BCUT2D eigenvalue weighted by atomic mass is 10.1. The van der Waals surface area contributed by atoms with Gasteiger partial charge in [-0.25, -0.2) is 5.43 Å². The summed E-state index contributed by atoms with van der Waals surface area (Å²) in [5, 5.41) is 17.8. The number of nitrogens with one attached hydrogen (secondary N) is 2. The van der Waals surface area contributed by atoms with E-state index in [1.165, 1.54) is 6.21 Å². The summed E-state index contributed by atoms with van der Waals surface area (Å²) in [6.07, 6.45) is 1.50. The first-order valence-electron chi connectivity index (χ1n) is 12.9.